The number of thiophene rings is 1. The molecule has 0 saturated carbocycles. The van der Waals surface area contributed by atoms with Crippen LogP contribution in [0.1, 0.15) is 21.7 Å². The largest absolute Gasteiger partial charge is 0.472 e. The van der Waals surface area contributed by atoms with Crippen LogP contribution in [0, 0.1) is 6.92 Å². The van der Waals surface area contributed by atoms with Crippen LogP contribution in [0.3, 0.4) is 0 Å². The molecular weight excluding hydrogens is 352 g/mol. The molecule has 1 fully saturated rings. The molecule has 1 saturated heterocycles. The van der Waals surface area contributed by atoms with E-state index in [0.29, 0.717) is 12.4 Å². The first-order valence-corrected chi connectivity index (χ1v) is 8.42. The fraction of sp³-hybridized carbons (Fsp3) is 0.333. The zero-order valence-corrected chi connectivity index (χ0v) is 14.0. The summed E-state index contributed by atoms with van der Waals surface area (Å²) in [6, 6.07) is 5.71. The lowest BCUT2D eigenvalue weighted by Crippen LogP contribution is -2.30. The number of likely N-dealkylation sites (tertiary alicyclic amines) is 1. The Balaban J connectivity index is 1.60. The van der Waals surface area contributed by atoms with Crippen molar-refractivity contribution in [1.82, 2.24) is 9.88 Å². The van der Waals surface area contributed by atoms with Crippen LogP contribution in [0.25, 0.3) is 0 Å². The molecule has 0 spiro atoms. The molecule has 0 bridgehead atoms. The van der Waals surface area contributed by atoms with Gasteiger partial charge in [-0.1, -0.05) is 6.07 Å². The first-order chi connectivity index (χ1) is 10.1. The number of aryl methyl sites for hydroxylation is 1. The highest BCUT2D eigenvalue weighted by atomic mass is 79.9. The van der Waals surface area contributed by atoms with Crippen molar-refractivity contribution in [2.45, 2.75) is 19.4 Å². The number of hydrogen-bond donors (Lipinski definition) is 0. The standard InChI is InChI=1S/C15H15BrN2O2S/c1-10-2-3-14(17-7-10)20-12-4-5-18(8-12)15(19)13-6-11(16)9-21-13/h2-3,6-7,9,12H,4-5,8H2,1H3. The average molecular weight is 367 g/mol. The lowest BCUT2D eigenvalue weighted by Gasteiger charge is -2.16. The predicted molar refractivity (Wildman–Crippen MR) is 85.9 cm³/mol. The molecule has 2 aromatic heterocycles. The Morgan fingerprint density at radius 3 is 3.05 bits per heavy atom. The number of pyridine rings is 1. The minimum absolute atomic E-state index is 0.0209. The average Bonchev–Trinajstić information content (AvgIpc) is 3.10. The second kappa shape index (κ2) is 6.15. The van der Waals surface area contributed by atoms with Gasteiger partial charge in [0, 0.05) is 35.1 Å². The van der Waals surface area contributed by atoms with Gasteiger partial charge in [-0.25, -0.2) is 4.98 Å². The van der Waals surface area contributed by atoms with Gasteiger partial charge >= 0.3 is 0 Å². The predicted octanol–water partition coefficient (Wildman–Crippen LogP) is 3.51. The van der Waals surface area contributed by atoms with E-state index in [2.05, 4.69) is 20.9 Å². The number of carbonyl (C=O) groups excluding carboxylic acids is 1. The maximum absolute atomic E-state index is 12.3. The second-order valence-corrected chi connectivity index (χ2v) is 6.91. The summed E-state index contributed by atoms with van der Waals surface area (Å²) in [5.41, 5.74) is 1.11. The van der Waals surface area contributed by atoms with Gasteiger partial charge in [-0.15, -0.1) is 11.3 Å². The van der Waals surface area contributed by atoms with Gasteiger partial charge in [0.25, 0.3) is 5.91 Å². The highest BCUT2D eigenvalue weighted by Gasteiger charge is 2.29. The molecule has 0 N–H and O–H groups in total. The Morgan fingerprint density at radius 2 is 2.38 bits per heavy atom. The van der Waals surface area contributed by atoms with E-state index < -0.39 is 0 Å². The molecule has 21 heavy (non-hydrogen) atoms. The summed E-state index contributed by atoms with van der Waals surface area (Å²) < 4.78 is 6.79. The smallest absolute Gasteiger partial charge is 0.264 e. The minimum Gasteiger partial charge on any atom is -0.472 e. The van der Waals surface area contributed by atoms with Gasteiger partial charge in [0.1, 0.15) is 6.10 Å². The normalized spacial score (nSPS) is 18.0. The van der Waals surface area contributed by atoms with E-state index in [0.717, 1.165) is 27.9 Å². The summed E-state index contributed by atoms with van der Waals surface area (Å²) in [7, 11) is 0. The van der Waals surface area contributed by atoms with E-state index in [1.54, 1.807) is 6.20 Å². The number of halogens is 1. The molecule has 0 aliphatic carbocycles. The number of aromatic nitrogens is 1. The molecule has 1 atom stereocenters. The third-order valence-electron chi connectivity index (χ3n) is 3.38. The van der Waals surface area contributed by atoms with Crippen molar-refractivity contribution in [3.8, 4) is 5.88 Å². The molecule has 0 radical (unpaired) electrons. The fourth-order valence-corrected chi connectivity index (χ4v) is 3.68. The van der Waals surface area contributed by atoms with Crippen molar-refractivity contribution >= 4 is 33.2 Å². The number of amides is 1. The zero-order valence-electron chi connectivity index (χ0n) is 11.6. The van der Waals surface area contributed by atoms with Crippen molar-refractivity contribution in [3.63, 3.8) is 0 Å². The van der Waals surface area contributed by atoms with Crippen LogP contribution in [0.15, 0.2) is 34.2 Å². The maximum Gasteiger partial charge on any atom is 0.264 e. The van der Waals surface area contributed by atoms with Crippen molar-refractivity contribution in [1.29, 1.82) is 0 Å². The van der Waals surface area contributed by atoms with Gasteiger partial charge in [0.15, 0.2) is 0 Å². The third kappa shape index (κ3) is 3.44. The highest BCUT2D eigenvalue weighted by molar-refractivity contribution is 9.10. The van der Waals surface area contributed by atoms with E-state index in [1.807, 2.05) is 35.4 Å². The summed E-state index contributed by atoms with van der Waals surface area (Å²) in [6.45, 7) is 3.33. The molecule has 2 aromatic rings. The lowest BCUT2D eigenvalue weighted by atomic mass is 10.3. The first-order valence-electron chi connectivity index (χ1n) is 6.74. The van der Waals surface area contributed by atoms with Crippen LogP contribution in [0.5, 0.6) is 5.88 Å². The van der Waals surface area contributed by atoms with E-state index >= 15 is 0 Å². The monoisotopic (exact) mass is 366 g/mol. The summed E-state index contributed by atoms with van der Waals surface area (Å²) in [5, 5.41) is 1.92. The highest BCUT2D eigenvalue weighted by Crippen LogP contribution is 2.24. The Hall–Kier alpha value is -1.40. The summed E-state index contributed by atoms with van der Waals surface area (Å²) in [6.07, 6.45) is 2.65. The zero-order chi connectivity index (χ0) is 14.8. The van der Waals surface area contributed by atoms with E-state index in [-0.39, 0.29) is 12.0 Å². The molecule has 1 aliphatic heterocycles. The SMILES string of the molecule is Cc1ccc(OC2CCN(C(=O)c3cc(Br)cs3)C2)nc1. The molecule has 1 aliphatic rings. The van der Waals surface area contributed by atoms with Crippen LogP contribution in [-0.2, 0) is 0 Å². The maximum atomic E-state index is 12.3. The number of carbonyl (C=O) groups is 1. The van der Waals surface area contributed by atoms with Crippen LogP contribution >= 0.6 is 27.3 Å². The van der Waals surface area contributed by atoms with Crippen molar-refractivity contribution < 1.29 is 9.53 Å². The van der Waals surface area contributed by atoms with Crippen molar-refractivity contribution in [2.75, 3.05) is 13.1 Å². The van der Waals surface area contributed by atoms with Crippen LogP contribution in [-0.4, -0.2) is 35.0 Å². The van der Waals surface area contributed by atoms with Gasteiger partial charge in [0.2, 0.25) is 5.88 Å². The molecule has 4 nitrogen and oxygen atoms in total. The van der Waals surface area contributed by atoms with Crippen molar-refractivity contribution in [2.24, 2.45) is 0 Å². The Bertz CT molecular complexity index is 641. The number of rotatable bonds is 3. The number of nitrogens with zero attached hydrogens (tertiary/aromatic N) is 2. The summed E-state index contributed by atoms with van der Waals surface area (Å²) in [5.74, 6) is 0.701. The van der Waals surface area contributed by atoms with Gasteiger partial charge < -0.3 is 9.64 Å². The summed E-state index contributed by atoms with van der Waals surface area (Å²) >= 11 is 4.84. The van der Waals surface area contributed by atoms with Gasteiger partial charge in [-0.3, -0.25) is 4.79 Å². The molecule has 0 aromatic carbocycles. The first kappa shape index (κ1) is 14.5. The molecule has 1 unspecified atom stereocenters. The van der Waals surface area contributed by atoms with Gasteiger partial charge in [-0.05, 0) is 34.5 Å². The van der Waals surface area contributed by atoms with E-state index in [4.69, 9.17) is 4.74 Å². The number of hydrogen-bond acceptors (Lipinski definition) is 4. The Labute approximate surface area is 135 Å². The van der Waals surface area contributed by atoms with Gasteiger partial charge in [0.05, 0.1) is 11.4 Å². The molecule has 110 valence electrons. The van der Waals surface area contributed by atoms with Crippen LogP contribution in [0.2, 0.25) is 0 Å². The Kier molecular flexibility index (Phi) is 4.26. The summed E-state index contributed by atoms with van der Waals surface area (Å²) in [4.78, 5) is 19.2. The van der Waals surface area contributed by atoms with Crippen LogP contribution < -0.4 is 4.74 Å². The second-order valence-electron chi connectivity index (χ2n) is 5.08. The lowest BCUT2D eigenvalue weighted by molar-refractivity contribution is 0.0776. The van der Waals surface area contributed by atoms with E-state index in [9.17, 15) is 4.79 Å². The topological polar surface area (TPSA) is 42.4 Å². The number of ether oxygens (including phenoxy) is 1. The van der Waals surface area contributed by atoms with Gasteiger partial charge in [-0.2, -0.15) is 0 Å². The molecule has 1 amide bonds. The quantitative estimate of drug-likeness (QED) is 0.834. The third-order valence-corrected chi connectivity index (χ3v) is 5.06. The fourth-order valence-electron chi connectivity index (χ4n) is 2.28. The molecular formula is C15H15BrN2O2S. The molecule has 6 heteroatoms. The molecule has 3 rings (SSSR count). The Morgan fingerprint density at radius 1 is 1.52 bits per heavy atom. The molecule has 3 heterocycles. The minimum atomic E-state index is 0.0209. The van der Waals surface area contributed by atoms with Crippen LogP contribution in [0.4, 0.5) is 0 Å². The van der Waals surface area contributed by atoms with Crippen molar-refractivity contribution in [3.05, 3.63) is 44.7 Å². The van der Waals surface area contributed by atoms with E-state index in [1.165, 1.54) is 11.3 Å².